The lowest BCUT2D eigenvalue weighted by Crippen LogP contribution is -2.54. The Morgan fingerprint density at radius 2 is 1.61 bits per heavy atom. The molecule has 2 aromatic carbocycles. The van der Waals surface area contributed by atoms with Gasteiger partial charge in [-0.25, -0.2) is 4.79 Å². The van der Waals surface area contributed by atoms with Crippen LogP contribution >= 0.6 is 0 Å². The average molecular weight is 377 g/mol. The molecule has 4 nitrogen and oxygen atoms in total. The summed E-state index contributed by atoms with van der Waals surface area (Å²) >= 11 is 0. The molecule has 6 rings (SSSR count). The first-order valence-corrected chi connectivity index (χ1v) is 10.5. The molecule has 1 atom stereocenters. The first-order chi connectivity index (χ1) is 13.6. The first-order valence-electron chi connectivity index (χ1n) is 10.5. The molecule has 2 aromatic rings. The molecular formula is C24H27NO3. The van der Waals surface area contributed by atoms with E-state index in [-0.39, 0.29) is 5.92 Å². The number of amides is 1. The number of carbonyl (C=O) groups excluding carboxylic acids is 1. The van der Waals surface area contributed by atoms with Gasteiger partial charge >= 0.3 is 6.09 Å². The third kappa shape index (κ3) is 3.00. The number of hydrogen-bond acceptors (Lipinski definition) is 3. The third-order valence-corrected chi connectivity index (χ3v) is 7.13. The molecule has 1 unspecified atom stereocenters. The second-order valence-electron chi connectivity index (χ2n) is 8.70. The zero-order valence-corrected chi connectivity index (χ0v) is 16.1. The van der Waals surface area contributed by atoms with E-state index in [0.717, 1.165) is 19.3 Å². The van der Waals surface area contributed by atoms with Gasteiger partial charge in [-0.15, -0.1) is 0 Å². The van der Waals surface area contributed by atoms with Crippen molar-refractivity contribution in [1.29, 1.82) is 0 Å². The fraction of sp³-hybridized carbons (Fsp3) is 0.458. The SMILES string of the molecule is O=C(NCC1(O)CC2CCC1CC2)OCC1c2ccccc2-c2ccccc21. The number of ether oxygens (including phenoxy) is 1. The third-order valence-electron chi connectivity index (χ3n) is 7.13. The maximum absolute atomic E-state index is 12.4. The van der Waals surface area contributed by atoms with Gasteiger partial charge in [0.2, 0.25) is 0 Å². The molecule has 2 N–H and O–H groups in total. The molecule has 0 aromatic heterocycles. The van der Waals surface area contributed by atoms with Crippen molar-refractivity contribution in [3.8, 4) is 11.1 Å². The largest absolute Gasteiger partial charge is 0.449 e. The van der Waals surface area contributed by atoms with Gasteiger partial charge in [0.15, 0.2) is 0 Å². The van der Waals surface area contributed by atoms with Crippen LogP contribution < -0.4 is 5.32 Å². The van der Waals surface area contributed by atoms with E-state index in [2.05, 4.69) is 29.6 Å². The Morgan fingerprint density at radius 3 is 2.18 bits per heavy atom. The number of nitrogens with one attached hydrogen (secondary N) is 1. The van der Waals surface area contributed by atoms with Gasteiger partial charge < -0.3 is 15.2 Å². The molecule has 4 aliphatic rings. The standard InChI is InChI=1S/C24H27NO3/c26-23(25-15-24(27)13-16-9-11-17(24)12-10-16)28-14-22-20-7-3-1-5-18(20)19-6-2-4-8-21(19)22/h1-8,16-17,22,27H,9-15H2,(H,25,26). The van der Waals surface area contributed by atoms with Gasteiger partial charge in [0.05, 0.1) is 5.60 Å². The van der Waals surface area contributed by atoms with Crippen molar-refractivity contribution >= 4 is 6.09 Å². The van der Waals surface area contributed by atoms with E-state index in [1.807, 2.05) is 24.3 Å². The Hall–Kier alpha value is -2.33. The van der Waals surface area contributed by atoms with Crippen LogP contribution in [0.25, 0.3) is 11.1 Å². The zero-order chi connectivity index (χ0) is 19.1. The van der Waals surface area contributed by atoms with Gasteiger partial charge in [0.1, 0.15) is 6.61 Å². The van der Waals surface area contributed by atoms with Crippen LogP contribution in [0.4, 0.5) is 4.79 Å². The van der Waals surface area contributed by atoms with Crippen molar-refractivity contribution in [1.82, 2.24) is 5.32 Å². The molecule has 0 heterocycles. The Labute approximate surface area is 165 Å². The number of alkyl carbamates (subject to hydrolysis) is 1. The summed E-state index contributed by atoms with van der Waals surface area (Å²) in [6, 6.07) is 16.6. The molecule has 4 heteroatoms. The molecule has 2 bridgehead atoms. The minimum atomic E-state index is -0.757. The maximum atomic E-state index is 12.4. The van der Waals surface area contributed by atoms with Crippen LogP contribution in [0.1, 0.15) is 49.1 Å². The number of fused-ring (bicyclic) bond motifs is 6. The van der Waals surface area contributed by atoms with Gasteiger partial charge in [0, 0.05) is 12.5 Å². The highest BCUT2D eigenvalue weighted by atomic mass is 16.5. The van der Waals surface area contributed by atoms with E-state index < -0.39 is 11.7 Å². The first kappa shape index (κ1) is 17.7. The Kier molecular flexibility index (Phi) is 4.39. The van der Waals surface area contributed by atoms with Gasteiger partial charge in [0.25, 0.3) is 0 Å². The minimum absolute atomic E-state index is 0.0620. The predicted octanol–water partition coefficient (Wildman–Crippen LogP) is 4.47. The van der Waals surface area contributed by atoms with E-state index in [1.54, 1.807) is 0 Å². The predicted molar refractivity (Wildman–Crippen MR) is 108 cm³/mol. The summed E-state index contributed by atoms with van der Waals surface area (Å²) in [5.74, 6) is 0.984. The maximum Gasteiger partial charge on any atom is 0.407 e. The molecular weight excluding hydrogens is 350 g/mol. The van der Waals surface area contributed by atoms with Crippen LogP contribution in [0.15, 0.2) is 48.5 Å². The van der Waals surface area contributed by atoms with Crippen molar-refractivity contribution in [3.05, 3.63) is 59.7 Å². The van der Waals surface area contributed by atoms with Crippen molar-refractivity contribution in [2.24, 2.45) is 11.8 Å². The van der Waals surface area contributed by atoms with Crippen LogP contribution in [0.2, 0.25) is 0 Å². The van der Waals surface area contributed by atoms with E-state index in [1.165, 1.54) is 35.1 Å². The zero-order valence-electron chi connectivity index (χ0n) is 16.1. The highest BCUT2D eigenvalue weighted by molar-refractivity contribution is 5.79. The molecule has 146 valence electrons. The second-order valence-corrected chi connectivity index (χ2v) is 8.70. The second kappa shape index (κ2) is 6.93. The lowest BCUT2D eigenvalue weighted by Gasteiger charge is -2.48. The van der Waals surface area contributed by atoms with Crippen molar-refractivity contribution in [3.63, 3.8) is 0 Å². The summed E-state index contributed by atoms with van der Waals surface area (Å²) in [6.45, 7) is 0.606. The summed E-state index contributed by atoms with van der Waals surface area (Å²) in [5.41, 5.74) is 4.10. The quantitative estimate of drug-likeness (QED) is 0.827. The van der Waals surface area contributed by atoms with Crippen LogP contribution in [-0.4, -0.2) is 30.0 Å². The summed E-state index contributed by atoms with van der Waals surface area (Å²) in [5, 5.41) is 13.8. The summed E-state index contributed by atoms with van der Waals surface area (Å²) in [6.07, 6.45) is 4.97. The van der Waals surface area contributed by atoms with E-state index in [9.17, 15) is 9.90 Å². The summed E-state index contributed by atoms with van der Waals surface area (Å²) < 4.78 is 5.59. The monoisotopic (exact) mass is 377 g/mol. The van der Waals surface area contributed by atoms with Gasteiger partial charge in [-0.2, -0.15) is 0 Å². The molecule has 0 spiro atoms. The van der Waals surface area contributed by atoms with Crippen molar-refractivity contribution < 1.29 is 14.6 Å². The number of aliphatic hydroxyl groups is 1. The molecule has 28 heavy (non-hydrogen) atoms. The normalized spacial score (nSPS) is 27.9. The highest BCUT2D eigenvalue weighted by Crippen LogP contribution is 2.47. The van der Waals surface area contributed by atoms with Gasteiger partial charge in [-0.1, -0.05) is 48.5 Å². The average Bonchev–Trinajstić information content (AvgIpc) is 3.05. The minimum Gasteiger partial charge on any atom is -0.449 e. The molecule has 4 aliphatic carbocycles. The smallest absolute Gasteiger partial charge is 0.407 e. The lowest BCUT2D eigenvalue weighted by atomic mass is 9.62. The molecule has 0 saturated heterocycles. The molecule has 0 radical (unpaired) electrons. The number of hydrogen-bond donors (Lipinski definition) is 2. The van der Waals surface area contributed by atoms with Crippen LogP contribution in [0.5, 0.6) is 0 Å². The Morgan fingerprint density at radius 1 is 1.00 bits per heavy atom. The van der Waals surface area contributed by atoms with Crippen LogP contribution in [0, 0.1) is 11.8 Å². The fourth-order valence-electron chi connectivity index (χ4n) is 5.66. The fourth-order valence-corrected chi connectivity index (χ4v) is 5.66. The highest BCUT2D eigenvalue weighted by Gasteiger charge is 2.46. The molecule has 3 saturated carbocycles. The van der Waals surface area contributed by atoms with Crippen molar-refractivity contribution in [2.45, 2.75) is 43.6 Å². The summed E-state index contributed by atoms with van der Waals surface area (Å²) in [4.78, 5) is 12.4. The number of rotatable bonds is 4. The Bertz CT molecular complexity index is 841. The summed E-state index contributed by atoms with van der Waals surface area (Å²) in [7, 11) is 0. The van der Waals surface area contributed by atoms with Crippen LogP contribution in [-0.2, 0) is 4.74 Å². The molecule has 3 fully saturated rings. The van der Waals surface area contributed by atoms with Crippen LogP contribution in [0.3, 0.4) is 0 Å². The topological polar surface area (TPSA) is 58.6 Å². The number of benzene rings is 2. The van der Waals surface area contributed by atoms with Gasteiger partial charge in [-0.05, 0) is 66.2 Å². The van der Waals surface area contributed by atoms with E-state index >= 15 is 0 Å². The van der Waals surface area contributed by atoms with Crippen molar-refractivity contribution in [2.75, 3.05) is 13.2 Å². The molecule has 0 aliphatic heterocycles. The van der Waals surface area contributed by atoms with E-state index in [4.69, 9.17) is 4.74 Å². The molecule has 1 amide bonds. The lowest BCUT2D eigenvalue weighted by molar-refractivity contribution is -0.0940. The number of carbonyl (C=O) groups is 1. The Balaban J connectivity index is 1.23. The van der Waals surface area contributed by atoms with E-state index in [0.29, 0.717) is 25.0 Å². The van der Waals surface area contributed by atoms with Gasteiger partial charge in [-0.3, -0.25) is 0 Å².